The number of nitrogens with one attached hydrogen (secondary N) is 1. The summed E-state index contributed by atoms with van der Waals surface area (Å²) in [6, 6.07) is 8.39. The maximum absolute atomic E-state index is 6.06. The van der Waals surface area contributed by atoms with Gasteiger partial charge >= 0.3 is 0 Å². The highest BCUT2D eigenvalue weighted by molar-refractivity contribution is 6.30. The molecule has 0 spiro atoms. The zero-order chi connectivity index (χ0) is 14.9. The summed E-state index contributed by atoms with van der Waals surface area (Å²) in [5.74, 6) is 0. The lowest BCUT2D eigenvalue weighted by Crippen LogP contribution is -2.44. The second-order valence-corrected chi connectivity index (χ2v) is 7.45. The molecule has 2 nitrogen and oxygen atoms in total. The summed E-state index contributed by atoms with van der Waals surface area (Å²) in [7, 11) is 0. The van der Waals surface area contributed by atoms with E-state index >= 15 is 0 Å². The average Bonchev–Trinajstić information content (AvgIpc) is 2.48. The maximum atomic E-state index is 6.06. The molecule has 1 fully saturated rings. The minimum absolute atomic E-state index is 0.395. The van der Waals surface area contributed by atoms with Gasteiger partial charge in [0, 0.05) is 36.9 Å². The first-order chi connectivity index (χ1) is 10.1. The molecule has 1 heterocycles. The van der Waals surface area contributed by atoms with Crippen LogP contribution in [-0.4, -0.2) is 31.1 Å². The molecule has 21 heavy (non-hydrogen) atoms. The van der Waals surface area contributed by atoms with Crippen molar-refractivity contribution in [1.29, 1.82) is 0 Å². The number of hydrogen-bond donors (Lipinski definition) is 1. The summed E-state index contributed by atoms with van der Waals surface area (Å²) in [5, 5.41) is 4.27. The van der Waals surface area contributed by atoms with Crippen LogP contribution in [0.4, 0.5) is 0 Å². The number of halogens is 1. The molecule has 0 saturated carbocycles. The van der Waals surface area contributed by atoms with Gasteiger partial charge in [-0.1, -0.05) is 37.6 Å². The van der Waals surface area contributed by atoms with E-state index in [0.717, 1.165) is 37.6 Å². The van der Waals surface area contributed by atoms with E-state index in [4.69, 9.17) is 11.6 Å². The van der Waals surface area contributed by atoms with Crippen molar-refractivity contribution in [2.45, 2.75) is 33.1 Å². The third-order valence-corrected chi connectivity index (χ3v) is 4.99. The van der Waals surface area contributed by atoms with Crippen LogP contribution in [0.1, 0.15) is 38.7 Å². The molecule has 1 N–H and O–H groups in total. The van der Waals surface area contributed by atoms with Gasteiger partial charge in [-0.3, -0.25) is 0 Å². The molecular weight excluding hydrogens is 280 g/mol. The Morgan fingerprint density at radius 2 is 1.76 bits per heavy atom. The summed E-state index contributed by atoms with van der Waals surface area (Å²) in [5.41, 5.74) is 4.84. The van der Waals surface area contributed by atoms with Crippen LogP contribution in [0.15, 0.2) is 30.0 Å². The van der Waals surface area contributed by atoms with Gasteiger partial charge < -0.3 is 10.2 Å². The van der Waals surface area contributed by atoms with E-state index in [-0.39, 0.29) is 0 Å². The molecule has 1 aromatic rings. The lowest BCUT2D eigenvalue weighted by molar-refractivity contribution is 0.253. The molecule has 1 aliphatic carbocycles. The summed E-state index contributed by atoms with van der Waals surface area (Å²) >= 11 is 6.06. The molecule has 3 heteroatoms. The Morgan fingerprint density at radius 3 is 2.43 bits per heavy atom. The van der Waals surface area contributed by atoms with Gasteiger partial charge in [0.2, 0.25) is 0 Å². The van der Waals surface area contributed by atoms with E-state index < -0.39 is 0 Å². The molecule has 0 radical (unpaired) electrons. The average molecular weight is 305 g/mol. The smallest absolute Gasteiger partial charge is 0.0406 e. The standard InChI is InChI=1S/C18H25ClN2/c1-18(2)8-7-17(21-11-9-20-10-12-21)16(13-18)14-3-5-15(19)6-4-14/h3-6,20H,7-13H2,1-2H3. The summed E-state index contributed by atoms with van der Waals surface area (Å²) < 4.78 is 0. The monoisotopic (exact) mass is 304 g/mol. The zero-order valence-electron chi connectivity index (χ0n) is 13.1. The molecule has 0 bridgehead atoms. The van der Waals surface area contributed by atoms with Gasteiger partial charge in [0.25, 0.3) is 0 Å². The van der Waals surface area contributed by atoms with Gasteiger partial charge in [-0.05, 0) is 47.9 Å². The van der Waals surface area contributed by atoms with Crippen molar-refractivity contribution >= 4 is 17.2 Å². The molecule has 0 atom stereocenters. The van der Waals surface area contributed by atoms with Crippen LogP contribution in [0.3, 0.4) is 0 Å². The van der Waals surface area contributed by atoms with Gasteiger partial charge in [-0.2, -0.15) is 0 Å². The molecule has 114 valence electrons. The van der Waals surface area contributed by atoms with Crippen LogP contribution in [0.5, 0.6) is 0 Å². The fraction of sp³-hybridized carbons (Fsp3) is 0.556. The predicted molar refractivity (Wildman–Crippen MR) is 90.4 cm³/mol. The topological polar surface area (TPSA) is 15.3 Å². The van der Waals surface area contributed by atoms with Gasteiger partial charge in [-0.25, -0.2) is 0 Å². The number of piperazine rings is 1. The second-order valence-electron chi connectivity index (χ2n) is 7.01. The lowest BCUT2D eigenvalue weighted by atomic mass is 9.74. The molecule has 3 rings (SSSR count). The maximum Gasteiger partial charge on any atom is 0.0406 e. The molecular formula is C18H25ClN2. The van der Waals surface area contributed by atoms with Crippen LogP contribution in [0, 0.1) is 5.41 Å². The van der Waals surface area contributed by atoms with Crippen molar-refractivity contribution in [3.63, 3.8) is 0 Å². The van der Waals surface area contributed by atoms with Crippen LogP contribution in [0.2, 0.25) is 5.02 Å². The molecule has 1 aliphatic heterocycles. The van der Waals surface area contributed by atoms with E-state index in [0.29, 0.717) is 5.41 Å². The number of nitrogens with zero attached hydrogens (tertiary/aromatic N) is 1. The largest absolute Gasteiger partial charge is 0.372 e. The third-order valence-electron chi connectivity index (χ3n) is 4.73. The molecule has 1 saturated heterocycles. The number of benzene rings is 1. The first-order valence-corrected chi connectivity index (χ1v) is 8.37. The third kappa shape index (κ3) is 3.44. The van der Waals surface area contributed by atoms with Gasteiger partial charge in [-0.15, -0.1) is 0 Å². The highest BCUT2D eigenvalue weighted by Crippen LogP contribution is 2.44. The Hall–Kier alpha value is -0.990. The summed E-state index contributed by atoms with van der Waals surface area (Å²) in [4.78, 5) is 2.59. The van der Waals surface area contributed by atoms with Gasteiger partial charge in [0.05, 0.1) is 0 Å². The Balaban J connectivity index is 1.98. The van der Waals surface area contributed by atoms with Crippen LogP contribution >= 0.6 is 11.6 Å². The van der Waals surface area contributed by atoms with Crippen molar-refractivity contribution in [3.05, 3.63) is 40.5 Å². The first-order valence-electron chi connectivity index (χ1n) is 7.99. The number of hydrogen-bond acceptors (Lipinski definition) is 2. The Morgan fingerprint density at radius 1 is 1.10 bits per heavy atom. The van der Waals surface area contributed by atoms with Crippen molar-refractivity contribution in [3.8, 4) is 0 Å². The van der Waals surface area contributed by atoms with E-state index in [1.54, 1.807) is 5.70 Å². The zero-order valence-corrected chi connectivity index (χ0v) is 13.8. The van der Waals surface area contributed by atoms with E-state index in [2.05, 4.69) is 36.2 Å². The fourth-order valence-electron chi connectivity index (χ4n) is 3.48. The Labute approximate surface area is 133 Å². The van der Waals surface area contributed by atoms with Gasteiger partial charge in [0.1, 0.15) is 0 Å². The van der Waals surface area contributed by atoms with Gasteiger partial charge in [0.15, 0.2) is 0 Å². The molecule has 2 aliphatic rings. The highest BCUT2D eigenvalue weighted by atomic mass is 35.5. The minimum atomic E-state index is 0.395. The van der Waals surface area contributed by atoms with E-state index in [9.17, 15) is 0 Å². The van der Waals surface area contributed by atoms with E-state index in [1.165, 1.54) is 24.0 Å². The molecule has 0 amide bonds. The summed E-state index contributed by atoms with van der Waals surface area (Å²) in [6.45, 7) is 9.23. The predicted octanol–water partition coefficient (Wildman–Crippen LogP) is 4.17. The van der Waals surface area contributed by atoms with E-state index in [1.807, 2.05) is 12.1 Å². The SMILES string of the molecule is CC1(C)CCC(N2CCNCC2)=C(c2ccc(Cl)cc2)C1. The number of allylic oxidation sites excluding steroid dienone is 2. The highest BCUT2D eigenvalue weighted by Gasteiger charge is 2.30. The van der Waals surface area contributed by atoms with Crippen LogP contribution in [0.25, 0.3) is 5.57 Å². The lowest BCUT2D eigenvalue weighted by Gasteiger charge is -2.40. The van der Waals surface area contributed by atoms with Crippen molar-refractivity contribution in [2.75, 3.05) is 26.2 Å². The molecule has 1 aromatic carbocycles. The Bertz CT molecular complexity index is 525. The number of rotatable bonds is 2. The molecule has 0 aromatic heterocycles. The first kappa shape index (κ1) is 14.9. The fourth-order valence-corrected chi connectivity index (χ4v) is 3.61. The Kier molecular flexibility index (Phi) is 4.28. The van der Waals surface area contributed by atoms with Crippen molar-refractivity contribution < 1.29 is 0 Å². The van der Waals surface area contributed by atoms with Crippen LogP contribution in [-0.2, 0) is 0 Å². The van der Waals surface area contributed by atoms with Crippen LogP contribution < -0.4 is 5.32 Å². The van der Waals surface area contributed by atoms with Crippen molar-refractivity contribution in [2.24, 2.45) is 5.41 Å². The quantitative estimate of drug-likeness (QED) is 0.882. The molecule has 0 unspecified atom stereocenters. The normalized spacial score (nSPS) is 22.5. The van der Waals surface area contributed by atoms with Crippen molar-refractivity contribution in [1.82, 2.24) is 10.2 Å². The summed E-state index contributed by atoms with van der Waals surface area (Å²) in [6.07, 6.45) is 3.64. The minimum Gasteiger partial charge on any atom is -0.372 e. The second kappa shape index (κ2) is 6.02.